The molecule has 0 unspecified atom stereocenters. The van der Waals surface area contributed by atoms with E-state index in [1.54, 1.807) is 12.3 Å². The van der Waals surface area contributed by atoms with Crippen LogP contribution < -0.4 is 5.32 Å². The second-order valence-corrected chi connectivity index (χ2v) is 2.82. The Kier molecular flexibility index (Phi) is 3.25. The van der Waals surface area contributed by atoms with Crippen molar-refractivity contribution in [2.24, 2.45) is 0 Å². The lowest BCUT2D eigenvalue weighted by molar-refractivity contribution is 0.281. The molecule has 0 aliphatic heterocycles. The van der Waals surface area contributed by atoms with Crippen molar-refractivity contribution in [3.05, 3.63) is 17.4 Å². The lowest BCUT2D eigenvalue weighted by Crippen LogP contribution is -2.20. The average Bonchev–Trinajstić information content (AvgIpc) is 2.04. The number of aliphatic hydroxyl groups is 1. The van der Waals surface area contributed by atoms with Crippen LogP contribution >= 0.6 is 11.6 Å². The number of rotatable bonds is 3. The number of anilines is 1. The van der Waals surface area contributed by atoms with Gasteiger partial charge in [-0.25, -0.2) is 9.97 Å². The molecular weight excluding hydrogens is 178 g/mol. The SMILES string of the molecule is C[C@H](CO)Nc1nccc(Cl)n1. The number of nitrogens with zero attached hydrogens (tertiary/aromatic N) is 2. The molecule has 0 aromatic carbocycles. The maximum Gasteiger partial charge on any atom is 0.224 e. The molecule has 1 heterocycles. The van der Waals surface area contributed by atoms with Crippen LogP contribution in [-0.4, -0.2) is 27.7 Å². The highest BCUT2D eigenvalue weighted by atomic mass is 35.5. The van der Waals surface area contributed by atoms with Gasteiger partial charge in [0, 0.05) is 12.2 Å². The van der Waals surface area contributed by atoms with E-state index in [2.05, 4.69) is 15.3 Å². The van der Waals surface area contributed by atoms with Crippen molar-refractivity contribution in [3.8, 4) is 0 Å². The van der Waals surface area contributed by atoms with Gasteiger partial charge < -0.3 is 10.4 Å². The van der Waals surface area contributed by atoms with Crippen LogP contribution in [0.15, 0.2) is 12.3 Å². The van der Waals surface area contributed by atoms with E-state index in [4.69, 9.17) is 16.7 Å². The first kappa shape index (κ1) is 9.22. The van der Waals surface area contributed by atoms with Gasteiger partial charge in [-0.2, -0.15) is 0 Å². The smallest absolute Gasteiger partial charge is 0.224 e. The van der Waals surface area contributed by atoms with E-state index in [9.17, 15) is 0 Å². The second kappa shape index (κ2) is 4.23. The molecule has 0 saturated carbocycles. The van der Waals surface area contributed by atoms with Gasteiger partial charge in [0.05, 0.1) is 6.61 Å². The van der Waals surface area contributed by atoms with Crippen LogP contribution in [0.5, 0.6) is 0 Å². The molecule has 0 spiro atoms. The van der Waals surface area contributed by atoms with Crippen LogP contribution in [0.1, 0.15) is 6.92 Å². The predicted molar refractivity (Wildman–Crippen MR) is 47.2 cm³/mol. The van der Waals surface area contributed by atoms with Crippen LogP contribution in [0.4, 0.5) is 5.95 Å². The van der Waals surface area contributed by atoms with Crippen molar-refractivity contribution < 1.29 is 5.11 Å². The molecular formula is C7H10ClN3O. The van der Waals surface area contributed by atoms with E-state index in [0.717, 1.165) is 0 Å². The summed E-state index contributed by atoms with van der Waals surface area (Å²) in [4.78, 5) is 7.80. The predicted octanol–water partition coefficient (Wildman–Crippen LogP) is 0.923. The molecule has 0 saturated heterocycles. The van der Waals surface area contributed by atoms with Crippen molar-refractivity contribution in [1.29, 1.82) is 0 Å². The number of aliphatic hydroxyl groups excluding tert-OH is 1. The molecule has 2 N–H and O–H groups in total. The van der Waals surface area contributed by atoms with Crippen LogP contribution in [0, 0.1) is 0 Å². The van der Waals surface area contributed by atoms with Gasteiger partial charge in [-0.1, -0.05) is 11.6 Å². The summed E-state index contributed by atoms with van der Waals surface area (Å²) < 4.78 is 0. The zero-order valence-electron chi connectivity index (χ0n) is 6.66. The molecule has 0 aliphatic rings. The number of aromatic nitrogens is 2. The van der Waals surface area contributed by atoms with E-state index >= 15 is 0 Å². The fourth-order valence-electron chi connectivity index (χ4n) is 0.672. The molecule has 4 nitrogen and oxygen atoms in total. The standard InChI is InChI=1S/C7H10ClN3O/c1-5(4-12)10-7-9-3-2-6(8)11-7/h2-3,5,12H,4H2,1H3,(H,9,10,11)/t5-/m1/s1. The van der Waals surface area contributed by atoms with E-state index in [0.29, 0.717) is 11.1 Å². The number of hydrogen-bond donors (Lipinski definition) is 2. The van der Waals surface area contributed by atoms with Gasteiger partial charge in [0.15, 0.2) is 0 Å². The summed E-state index contributed by atoms with van der Waals surface area (Å²) in [6.07, 6.45) is 1.56. The van der Waals surface area contributed by atoms with Gasteiger partial charge in [0.1, 0.15) is 5.15 Å². The fraction of sp³-hybridized carbons (Fsp3) is 0.429. The normalized spacial score (nSPS) is 12.6. The highest BCUT2D eigenvalue weighted by Crippen LogP contribution is 2.06. The first-order valence-electron chi connectivity index (χ1n) is 3.58. The van der Waals surface area contributed by atoms with Crippen LogP contribution in [0.3, 0.4) is 0 Å². The summed E-state index contributed by atoms with van der Waals surface area (Å²) >= 11 is 5.62. The van der Waals surface area contributed by atoms with E-state index in [1.165, 1.54) is 0 Å². The molecule has 12 heavy (non-hydrogen) atoms. The minimum absolute atomic E-state index is 0.0376. The quantitative estimate of drug-likeness (QED) is 0.691. The highest BCUT2D eigenvalue weighted by molar-refractivity contribution is 6.29. The molecule has 1 atom stereocenters. The minimum Gasteiger partial charge on any atom is -0.394 e. The summed E-state index contributed by atoms with van der Waals surface area (Å²) in [6.45, 7) is 1.86. The summed E-state index contributed by atoms with van der Waals surface area (Å²) in [5.41, 5.74) is 0. The Balaban J connectivity index is 2.63. The van der Waals surface area contributed by atoms with E-state index in [1.807, 2.05) is 6.92 Å². The number of hydrogen-bond acceptors (Lipinski definition) is 4. The summed E-state index contributed by atoms with van der Waals surface area (Å²) in [5, 5.41) is 12.0. The Bertz CT molecular complexity index is 256. The third-order valence-corrected chi connectivity index (χ3v) is 1.48. The van der Waals surface area contributed by atoms with Gasteiger partial charge in [0.2, 0.25) is 5.95 Å². The first-order chi connectivity index (χ1) is 5.72. The molecule has 0 aliphatic carbocycles. The Labute approximate surface area is 75.6 Å². The Morgan fingerprint density at radius 3 is 3.08 bits per heavy atom. The number of nitrogens with one attached hydrogen (secondary N) is 1. The van der Waals surface area contributed by atoms with Gasteiger partial charge in [-0.05, 0) is 13.0 Å². The molecule has 66 valence electrons. The summed E-state index contributed by atoms with van der Waals surface area (Å²) in [7, 11) is 0. The Morgan fingerprint density at radius 1 is 1.75 bits per heavy atom. The molecule has 0 bridgehead atoms. The molecule has 1 aromatic rings. The maximum atomic E-state index is 8.71. The Hall–Kier alpha value is -0.870. The lowest BCUT2D eigenvalue weighted by atomic mass is 10.4. The van der Waals surface area contributed by atoms with Crippen molar-refractivity contribution >= 4 is 17.5 Å². The Morgan fingerprint density at radius 2 is 2.50 bits per heavy atom. The van der Waals surface area contributed by atoms with Crippen molar-refractivity contribution in [2.75, 3.05) is 11.9 Å². The first-order valence-corrected chi connectivity index (χ1v) is 3.96. The van der Waals surface area contributed by atoms with Crippen LogP contribution in [0.2, 0.25) is 5.15 Å². The molecule has 0 fully saturated rings. The minimum atomic E-state index is -0.0662. The van der Waals surface area contributed by atoms with E-state index < -0.39 is 0 Å². The van der Waals surface area contributed by atoms with Crippen LogP contribution in [-0.2, 0) is 0 Å². The van der Waals surface area contributed by atoms with Crippen molar-refractivity contribution in [2.45, 2.75) is 13.0 Å². The largest absolute Gasteiger partial charge is 0.394 e. The topological polar surface area (TPSA) is 58.0 Å². The van der Waals surface area contributed by atoms with E-state index in [-0.39, 0.29) is 12.6 Å². The zero-order chi connectivity index (χ0) is 8.97. The fourth-order valence-corrected chi connectivity index (χ4v) is 0.809. The average molecular weight is 188 g/mol. The number of halogens is 1. The third kappa shape index (κ3) is 2.64. The lowest BCUT2D eigenvalue weighted by Gasteiger charge is -2.09. The van der Waals surface area contributed by atoms with Gasteiger partial charge in [0.25, 0.3) is 0 Å². The van der Waals surface area contributed by atoms with Crippen molar-refractivity contribution in [3.63, 3.8) is 0 Å². The second-order valence-electron chi connectivity index (χ2n) is 2.43. The summed E-state index contributed by atoms with van der Waals surface area (Å²) in [5.74, 6) is 0.434. The molecule has 0 amide bonds. The summed E-state index contributed by atoms with van der Waals surface area (Å²) in [6, 6.07) is 1.53. The van der Waals surface area contributed by atoms with Gasteiger partial charge in [-0.3, -0.25) is 0 Å². The molecule has 1 rings (SSSR count). The molecule has 0 radical (unpaired) electrons. The maximum absolute atomic E-state index is 8.71. The third-order valence-electron chi connectivity index (χ3n) is 1.27. The van der Waals surface area contributed by atoms with Crippen molar-refractivity contribution in [1.82, 2.24) is 9.97 Å². The monoisotopic (exact) mass is 187 g/mol. The van der Waals surface area contributed by atoms with Gasteiger partial charge >= 0.3 is 0 Å². The van der Waals surface area contributed by atoms with Gasteiger partial charge in [-0.15, -0.1) is 0 Å². The molecule has 5 heteroatoms. The molecule has 1 aromatic heterocycles. The highest BCUT2D eigenvalue weighted by Gasteiger charge is 2.01. The zero-order valence-corrected chi connectivity index (χ0v) is 7.41. The van der Waals surface area contributed by atoms with Crippen LogP contribution in [0.25, 0.3) is 0 Å².